The van der Waals surface area contributed by atoms with Gasteiger partial charge >= 0.3 is 0 Å². The van der Waals surface area contributed by atoms with Gasteiger partial charge in [-0.15, -0.1) is 0 Å². The normalized spacial score (nSPS) is 10.4. The summed E-state index contributed by atoms with van der Waals surface area (Å²) < 4.78 is 0. The fourth-order valence-electron chi connectivity index (χ4n) is 2.93. The van der Waals surface area contributed by atoms with Crippen LogP contribution in [0.1, 0.15) is 20.8 Å². The molecule has 0 atom stereocenters. The highest BCUT2D eigenvalue weighted by Gasteiger charge is 2.11. The summed E-state index contributed by atoms with van der Waals surface area (Å²) in [6.07, 6.45) is 0. The Morgan fingerprint density at radius 1 is 0.929 bits per heavy atom. The van der Waals surface area contributed by atoms with Crippen molar-refractivity contribution in [3.63, 3.8) is 0 Å². The maximum atomic E-state index is 11.2. The van der Waals surface area contributed by atoms with Crippen molar-refractivity contribution in [2.75, 3.05) is 28.6 Å². The summed E-state index contributed by atoms with van der Waals surface area (Å²) in [5.41, 5.74) is 3.52. The van der Waals surface area contributed by atoms with Crippen molar-refractivity contribution in [1.29, 1.82) is 0 Å². The van der Waals surface area contributed by atoms with E-state index in [0.717, 1.165) is 41.5 Å². The lowest BCUT2D eigenvalue weighted by atomic mass is 10.1. The van der Waals surface area contributed by atoms with E-state index in [1.54, 1.807) is 0 Å². The summed E-state index contributed by atoms with van der Waals surface area (Å²) in [7, 11) is 0. The van der Waals surface area contributed by atoms with Crippen LogP contribution in [0.25, 0.3) is 11.3 Å². The Kier molecular flexibility index (Phi) is 6.22. The molecular formula is C22H25N5O. The van der Waals surface area contributed by atoms with Crippen molar-refractivity contribution in [3.8, 4) is 11.3 Å². The molecule has 2 aromatic carbocycles. The van der Waals surface area contributed by atoms with Crippen LogP contribution in [-0.2, 0) is 4.79 Å². The van der Waals surface area contributed by atoms with Crippen LogP contribution < -0.4 is 15.5 Å². The van der Waals surface area contributed by atoms with E-state index >= 15 is 0 Å². The number of hydrogen-bond donors (Lipinski definition) is 2. The average molecular weight is 375 g/mol. The van der Waals surface area contributed by atoms with Gasteiger partial charge in [0.15, 0.2) is 0 Å². The van der Waals surface area contributed by atoms with Crippen LogP contribution in [-0.4, -0.2) is 29.0 Å². The monoisotopic (exact) mass is 375 g/mol. The smallest absolute Gasteiger partial charge is 0.229 e. The molecule has 6 nitrogen and oxygen atoms in total. The van der Waals surface area contributed by atoms with Crippen LogP contribution in [0.2, 0.25) is 0 Å². The zero-order valence-corrected chi connectivity index (χ0v) is 16.4. The fourth-order valence-corrected chi connectivity index (χ4v) is 2.93. The molecule has 6 heteroatoms. The Morgan fingerprint density at radius 3 is 2.18 bits per heavy atom. The first-order chi connectivity index (χ1) is 13.6. The van der Waals surface area contributed by atoms with Crippen LogP contribution in [0, 0.1) is 0 Å². The fraction of sp³-hybridized carbons (Fsp3) is 0.227. The molecule has 1 amide bonds. The quantitative estimate of drug-likeness (QED) is 0.627. The highest BCUT2D eigenvalue weighted by molar-refractivity contribution is 5.88. The van der Waals surface area contributed by atoms with Gasteiger partial charge in [-0.25, -0.2) is 4.98 Å². The SMILES string of the molecule is CCN(CC)c1cc(-c2ccccc2)nc(Nc2ccc(NC(C)=O)cc2)n1. The van der Waals surface area contributed by atoms with Crippen LogP contribution in [0.5, 0.6) is 0 Å². The lowest BCUT2D eigenvalue weighted by Gasteiger charge is -2.21. The number of carbonyl (C=O) groups excluding carboxylic acids is 1. The number of hydrogen-bond acceptors (Lipinski definition) is 5. The van der Waals surface area contributed by atoms with Crippen LogP contribution in [0.15, 0.2) is 60.7 Å². The van der Waals surface area contributed by atoms with Gasteiger partial charge < -0.3 is 15.5 Å². The molecule has 0 fully saturated rings. The summed E-state index contributed by atoms with van der Waals surface area (Å²) in [6, 6.07) is 19.6. The number of anilines is 4. The van der Waals surface area contributed by atoms with Gasteiger partial charge in [0.1, 0.15) is 5.82 Å². The Labute approximate surface area is 165 Å². The predicted molar refractivity (Wildman–Crippen MR) is 115 cm³/mol. The van der Waals surface area contributed by atoms with Gasteiger partial charge in [0.25, 0.3) is 0 Å². The van der Waals surface area contributed by atoms with Crippen molar-refractivity contribution in [1.82, 2.24) is 9.97 Å². The molecule has 0 aliphatic rings. The molecule has 2 N–H and O–H groups in total. The van der Waals surface area contributed by atoms with Crippen molar-refractivity contribution in [2.45, 2.75) is 20.8 Å². The molecule has 0 spiro atoms. The van der Waals surface area contributed by atoms with Gasteiger partial charge in [-0.1, -0.05) is 30.3 Å². The first kappa shape index (κ1) is 19.4. The molecule has 0 saturated carbocycles. The maximum Gasteiger partial charge on any atom is 0.229 e. The highest BCUT2D eigenvalue weighted by atomic mass is 16.1. The summed E-state index contributed by atoms with van der Waals surface area (Å²) in [6.45, 7) is 7.45. The van der Waals surface area contributed by atoms with E-state index < -0.39 is 0 Å². The topological polar surface area (TPSA) is 70.2 Å². The van der Waals surface area contributed by atoms with Crippen LogP contribution >= 0.6 is 0 Å². The van der Waals surface area contributed by atoms with Crippen molar-refractivity contribution in [2.24, 2.45) is 0 Å². The summed E-state index contributed by atoms with van der Waals surface area (Å²) >= 11 is 0. The average Bonchev–Trinajstić information content (AvgIpc) is 2.71. The van der Waals surface area contributed by atoms with E-state index in [2.05, 4.69) is 29.4 Å². The number of nitrogens with one attached hydrogen (secondary N) is 2. The van der Waals surface area contributed by atoms with Crippen LogP contribution in [0.3, 0.4) is 0 Å². The predicted octanol–water partition coefficient (Wildman–Crippen LogP) is 4.69. The molecule has 0 bridgehead atoms. The Morgan fingerprint density at radius 2 is 1.57 bits per heavy atom. The largest absolute Gasteiger partial charge is 0.357 e. The minimum Gasteiger partial charge on any atom is -0.357 e. The zero-order valence-electron chi connectivity index (χ0n) is 16.4. The first-order valence-corrected chi connectivity index (χ1v) is 9.43. The van der Waals surface area contributed by atoms with E-state index in [1.165, 1.54) is 6.92 Å². The third-order valence-electron chi connectivity index (χ3n) is 4.33. The molecule has 3 aromatic rings. The van der Waals surface area contributed by atoms with E-state index in [-0.39, 0.29) is 5.91 Å². The minimum atomic E-state index is -0.0940. The summed E-state index contributed by atoms with van der Waals surface area (Å²) in [5, 5.41) is 6.04. The van der Waals surface area contributed by atoms with Gasteiger partial charge in [0.05, 0.1) is 5.69 Å². The standard InChI is InChI=1S/C22H25N5O/c1-4-27(5-2)21-15-20(17-9-7-6-8-10-17)25-22(26-21)24-19-13-11-18(12-14-19)23-16(3)28/h6-15H,4-5H2,1-3H3,(H,23,28)(H,24,25,26). The Balaban J connectivity index is 1.93. The molecule has 1 aromatic heterocycles. The molecule has 28 heavy (non-hydrogen) atoms. The molecule has 144 valence electrons. The van der Waals surface area contributed by atoms with Crippen molar-refractivity contribution >= 4 is 29.0 Å². The molecule has 0 saturated heterocycles. The van der Waals surface area contributed by atoms with Gasteiger partial charge in [0, 0.05) is 43.0 Å². The molecule has 0 radical (unpaired) electrons. The summed E-state index contributed by atoms with van der Waals surface area (Å²) in [5.74, 6) is 1.33. The van der Waals surface area contributed by atoms with E-state index in [0.29, 0.717) is 5.95 Å². The third kappa shape index (κ3) is 4.85. The van der Waals surface area contributed by atoms with Gasteiger partial charge in [-0.3, -0.25) is 4.79 Å². The molecule has 1 heterocycles. The molecule has 3 rings (SSSR count). The van der Waals surface area contributed by atoms with Gasteiger partial charge in [-0.2, -0.15) is 4.98 Å². The molecule has 0 aliphatic carbocycles. The number of rotatable bonds is 7. The van der Waals surface area contributed by atoms with E-state index in [1.807, 2.05) is 60.7 Å². The van der Waals surface area contributed by atoms with Crippen molar-refractivity contribution < 1.29 is 4.79 Å². The summed E-state index contributed by atoms with van der Waals surface area (Å²) in [4.78, 5) is 22.8. The second-order valence-electron chi connectivity index (χ2n) is 6.36. The lowest BCUT2D eigenvalue weighted by Crippen LogP contribution is -2.23. The third-order valence-corrected chi connectivity index (χ3v) is 4.33. The number of carbonyl (C=O) groups is 1. The Hall–Kier alpha value is -3.41. The number of benzene rings is 2. The number of nitrogens with zero attached hydrogens (tertiary/aromatic N) is 3. The van der Waals surface area contributed by atoms with E-state index in [4.69, 9.17) is 9.97 Å². The van der Waals surface area contributed by atoms with E-state index in [9.17, 15) is 4.79 Å². The second kappa shape index (κ2) is 8.99. The maximum absolute atomic E-state index is 11.2. The number of aromatic nitrogens is 2. The first-order valence-electron chi connectivity index (χ1n) is 9.43. The number of amides is 1. The van der Waals surface area contributed by atoms with Crippen LogP contribution in [0.4, 0.5) is 23.1 Å². The second-order valence-corrected chi connectivity index (χ2v) is 6.36. The lowest BCUT2D eigenvalue weighted by molar-refractivity contribution is -0.114. The Bertz CT molecular complexity index is 921. The molecular weight excluding hydrogens is 350 g/mol. The van der Waals surface area contributed by atoms with Gasteiger partial charge in [0.2, 0.25) is 11.9 Å². The van der Waals surface area contributed by atoms with Crippen molar-refractivity contribution in [3.05, 3.63) is 60.7 Å². The molecule has 0 unspecified atom stereocenters. The molecule has 0 aliphatic heterocycles. The zero-order chi connectivity index (χ0) is 19.9. The minimum absolute atomic E-state index is 0.0940. The van der Waals surface area contributed by atoms with Gasteiger partial charge in [-0.05, 0) is 38.1 Å². The highest BCUT2D eigenvalue weighted by Crippen LogP contribution is 2.25.